The van der Waals surface area contributed by atoms with Gasteiger partial charge in [-0.25, -0.2) is 0 Å². The van der Waals surface area contributed by atoms with E-state index in [4.69, 9.17) is 28.5 Å². The van der Waals surface area contributed by atoms with E-state index in [9.17, 15) is 9.59 Å². The molecule has 0 unspecified atom stereocenters. The van der Waals surface area contributed by atoms with E-state index in [2.05, 4.69) is 0 Å². The van der Waals surface area contributed by atoms with E-state index >= 15 is 0 Å². The quantitative estimate of drug-likeness (QED) is 0.463. The maximum absolute atomic E-state index is 11.4. The van der Waals surface area contributed by atoms with E-state index in [-0.39, 0.29) is 11.1 Å². The summed E-state index contributed by atoms with van der Waals surface area (Å²) >= 11 is 11.4. The molecule has 1 aliphatic heterocycles. The van der Waals surface area contributed by atoms with Crippen molar-refractivity contribution in [3.05, 3.63) is 11.1 Å². The molecule has 0 atom stereocenters. The lowest BCUT2D eigenvalue weighted by atomic mass is 10.0. The number of carbonyl (C=O) groups excluding carboxylic acids is 2. The Bertz CT molecular complexity index is 393. The fraction of sp³-hybridized carbons (Fsp3) is 0.375. The number of imide groups is 1. The Morgan fingerprint density at radius 1 is 1.43 bits per heavy atom. The minimum Gasteiger partial charge on any atom is -0.278 e. The third-order valence-corrected chi connectivity index (χ3v) is 2.94. The van der Waals surface area contributed by atoms with Crippen molar-refractivity contribution < 1.29 is 9.59 Å². The van der Waals surface area contributed by atoms with Gasteiger partial charge >= 0.3 is 0 Å². The summed E-state index contributed by atoms with van der Waals surface area (Å²) in [5.74, 6) is -1.41. The topological polar surface area (TPSA) is 61.2 Å². The van der Waals surface area contributed by atoms with E-state index in [0.717, 1.165) is 4.90 Å². The van der Waals surface area contributed by atoms with Gasteiger partial charge in [-0.15, -0.1) is 0 Å². The number of amides is 2. The molecule has 6 heteroatoms. The van der Waals surface area contributed by atoms with Crippen molar-refractivity contribution >= 4 is 35.0 Å². The molecule has 0 radical (unpaired) electrons. The molecule has 4 nitrogen and oxygen atoms in total. The van der Waals surface area contributed by atoms with Gasteiger partial charge in [-0.1, -0.05) is 23.2 Å². The Labute approximate surface area is 90.7 Å². The Hall–Kier alpha value is -1.05. The van der Waals surface area contributed by atoms with Crippen LogP contribution in [0.15, 0.2) is 11.1 Å². The molecule has 2 amide bonds. The van der Waals surface area contributed by atoms with E-state index in [1.54, 1.807) is 6.07 Å². The van der Waals surface area contributed by atoms with Crippen molar-refractivity contribution in [2.24, 2.45) is 0 Å². The molecule has 0 aromatic carbocycles. The summed E-state index contributed by atoms with van der Waals surface area (Å²) in [5.41, 5.74) is -0.103. The van der Waals surface area contributed by atoms with Crippen molar-refractivity contribution in [2.45, 2.75) is 11.3 Å². The summed E-state index contributed by atoms with van der Waals surface area (Å²) in [6, 6.07) is 1.68. The van der Waals surface area contributed by atoms with Crippen LogP contribution in [0.4, 0.5) is 0 Å². The van der Waals surface area contributed by atoms with Crippen molar-refractivity contribution in [3.63, 3.8) is 0 Å². The lowest BCUT2D eigenvalue weighted by molar-refractivity contribution is -0.141. The number of alkyl halides is 2. The highest BCUT2D eigenvalue weighted by Gasteiger charge is 2.47. The second-order valence-electron chi connectivity index (χ2n) is 2.86. The summed E-state index contributed by atoms with van der Waals surface area (Å²) in [4.78, 5) is 23.5. The van der Waals surface area contributed by atoms with Gasteiger partial charge in [0.2, 0.25) is 4.33 Å². The third kappa shape index (κ3) is 1.29. The number of halogens is 2. The third-order valence-electron chi connectivity index (χ3n) is 2.05. The van der Waals surface area contributed by atoms with Crippen LogP contribution < -0.4 is 0 Å². The molecule has 1 rings (SSSR count). The normalized spacial score (nSPS) is 21.2. The molecule has 0 fully saturated rings. The summed E-state index contributed by atoms with van der Waals surface area (Å²) in [5, 5.41) is 8.68. The Morgan fingerprint density at radius 3 is 2.36 bits per heavy atom. The number of rotatable bonds is 0. The van der Waals surface area contributed by atoms with Gasteiger partial charge in [-0.05, 0) is 12.5 Å². The van der Waals surface area contributed by atoms with Crippen LogP contribution in [0, 0.1) is 11.3 Å². The van der Waals surface area contributed by atoms with Crippen LogP contribution in [-0.4, -0.2) is 28.1 Å². The zero-order chi connectivity index (χ0) is 11.1. The average molecular weight is 233 g/mol. The molecule has 0 saturated heterocycles. The van der Waals surface area contributed by atoms with Crippen LogP contribution >= 0.6 is 23.2 Å². The lowest BCUT2D eigenvalue weighted by Gasteiger charge is -2.30. The zero-order valence-electron chi connectivity index (χ0n) is 7.47. The minimum absolute atomic E-state index is 0.0800. The molecule has 1 aliphatic rings. The predicted octanol–water partition coefficient (Wildman–Crippen LogP) is 0.999. The van der Waals surface area contributed by atoms with Gasteiger partial charge in [0.05, 0.1) is 0 Å². The maximum Gasteiger partial charge on any atom is 0.271 e. The molecular weight excluding hydrogens is 227 g/mol. The molecule has 0 bridgehead atoms. The van der Waals surface area contributed by atoms with Crippen LogP contribution in [0.2, 0.25) is 0 Å². The molecule has 0 aromatic heterocycles. The summed E-state index contributed by atoms with van der Waals surface area (Å²) in [6.45, 7) is 1.39. The number of likely N-dealkylation sites (N-methyl/N-ethyl adjacent to an activating group) is 1. The maximum atomic E-state index is 11.4. The highest BCUT2D eigenvalue weighted by Crippen LogP contribution is 2.37. The Morgan fingerprint density at radius 2 is 1.93 bits per heavy atom. The first-order chi connectivity index (χ1) is 6.34. The minimum atomic E-state index is -1.81. The number of nitrogens with zero attached hydrogens (tertiary/aromatic N) is 2. The highest BCUT2D eigenvalue weighted by atomic mass is 35.5. The Balaban J connectivity index is 3.44. The first kappa shape index (κ1) is 11.0. The number of carbonyl (C=O) groups is 2. The van der Waals surface area contributed by atoms with Crippen LogP contribution in [0.1, 0.15) is 6.92 Å². The average Bonchev–Trinajstić information content (AvgIpc) is 2.14. The molecular formula is C8H6Cl2N2O2. The standard InChI is InChI=1S/C8H6Cl2N2O2/c1-4-5(3-11)6(13)12(2)7(14)8(4,9)10/h1-2H3. The molecule has 1 heterocycles. The number of hydrogen-bond acceptors (Lipinski definition) is 3. The molecule has 0 saturated carbocycles. The van der Waals surface area contributed by atoms with Gasteiger partial charge in [0, 0.05) is 7.05 Å². The van der Waals surface area contributed by atoms with E-state index in [1.165, 1.54) is 14.0 Å². The highest BCUT2D eigenvalue weighted by molar-refractivity contribution is 6.61. The van der Waals surface area contributed by atoms with Crippen LogP contribution in [0.3, 0.4) is 0 Å². The van der Waals surface area contributed by atoms with Crippen LogP contribution in [0.5, 0.6) is 0 Å². The SMILES string of the molecule is CC1=C(C#N)C(=O)N(C)C(=O)C1(Cl)Cl. The summed E-state index contributed by atoms with van der Waals surface area (Å²) < 4.78 is -1.81. The van der Waals surface area contributed by atoms with Crippen molar-refractivity contribution in [3.8, 4) is 6.07 Å². The lowest BCUT2D eigenvalue weighted by Crippen LogP contribution is -2.49. The van der Waals surface area contributed by atoms with E-state index in [1.807, 2.05) is 0 Å². The number of hydrogen-bond donors (Lipinski definition) is 0. The van der Waals surface area contributed by atoms with Gasteiger partial charge in [0.1, 0.15) is 11.6 Å². The van der Waals surface area contributed by atoms with E-state index in [0.29, 0.717) is 0 Å². The summed E-state index contributed by atoms with van der Waals surface area (Å²) in [7, 11) is 1.23. The largest absolute Gasteiger partial charge is 0.278 e. The molecule has 0 spiro atoms. The van der Waals surface area contributed by atoms with Crippen LogP contribution in [0.25, 0.3) is 0 Å². The number of nitriles is 1. The van der Waals surface area contributed by atoms with Crippen molar-refractivity contribution in [1.29, 1.82) is 5.26 Å². The van der Waals surface area contributed by atoms with Crippen molar-refractivity contribution in [2.75, 3.05) is 7.05 Å². The fourth-order valence-electron chi connectivity index (χ4n) is 1.08. The monoisotopic (exact) mass is 232 g/mol. The van der Waals surface area contributed by atoms with Gasteiger partial charge in [-0.3, -0.25) is 14.5 Å². The smallest absolute Gasteiger partial charge is 0.271 e. The van der Waals surface area contributed by atoms with Gasteiger partial charge in [0.25, 0.3) is 11.8 Å². The fourth-order valence-corrected chi connectivity index (χ4v) is 1.52. The predicted molar refractivity (Wildman–Crippen MR) is 50.5 cm³/mol. The van der Waals surface area contributed by atoms with Crippen LogP contribution in [-0.2, 0) is 9.59 Å². The second-order valence-corrected chi connectivity index (χ2v) is 4.18. The van der Waals surface area contributed by atoms with Gasteiger partial charge < -0.3 is 0 Å². The van der Waals surface area contributed by atoms with Gasteiger partial charge in [0.15, 0.2) is 0 Å². The van der Waals surface area contributed by atoms with Gasteiger partial charge in [-0.2, -0.15) is 5.26 Å². The molecule has 74 valence electrons. The second kappa shape index (κ2) is 3.26. The first-order valence-corrected chi connectivity index (χ1v) is 4.41. The molecule has 14 heavy (non-hydrogen) atoms. The summed E-state index contributed by atoms with van der Waals surface area (Å²) in [6.07, 6.45) is 0. The van der Waals surface area contributed by atoms with E-state index < -0.39 is 16.1 Å². The Kier molecular flexibility index (Phi) is 2.57. The molecule has 0 aromatic rings. The molecule has 0 aliphatic carbocycles. The van der Waals surface area contributed by atoms with Crippen molar-refractivity contribution in [1.82, 2.24) is 4.90 Å². The zero-order valence-corrected chi connectivity index (χ0v) is 8.98. The first-order valence-electron chi connectivity index (χ1n) is 3.65. The molecule has 0 N–H and O–H groups in total.